The lowest BCUT2D eigenvalue weighted by Crippen LogP contribution is -2.52. The number of imide groups is 1. The van der Waals surface area contributed by atoms with E-state index in [-0.39, 0.29) is 42.2 Å². The zero-order chi connectivity index (χ0) is 20.5. The van der Waals surface area contributed by atoms with Gasteiger partial charge in [0.1, 0.15) is 12.1 Å². The molecule has 4 amide bonds. The number of hydrogen-bond donors (Lipinski definition) is 3. The van der Waals surface area contributed by atoms with E-state index >= 15 is 0 Å². The highest BCUT2D eigenvalue weighted by Gasteiger charge is 2.53. The monoisotopic (exact) mass is 428 g/mol. The molecule has 29 heavy (non-hydrogen) atoms. The molecule has 1 aliphatic carbocycles. The molecule has 0 aromatic heterocycles. The van der Waals surface area contributed by atoms with Crippen molar-refractivity contribution in [3.05, 3.63) is 0 Å². The van der Waals surface area contributed by atoms with Crippen LogP contribution in [-0.2, 0) is 9.59 Å². The van der Waals surface area contributed by atoms with Crippen molar-refractivity contribution in [3.63, 3.8) is 0 Å². The molecule has 1 spiro atoms. The summed E-state index contributed by atoms with van der Waals surface area (Å²) >= 11 is 0. The van der Waals surface area contributed by atoms with Crippen molar-refractivity contribution in [2.75, 3.05) is 19.6 Å². The standard InChI is InChI=1S/C21H36N4O3.ClH/c1-5-20(3,4)15-6-9-21(10-7-15)18(27)25(19(28)24-21)13-17(26)23-16-8-11-22-12-14(16)2;/h14-16,22H,5-13H2,1-4H3,(H,23,26)(H,24,28);1H. The summed E-state index contributed by atoms with van der Waals surface area (Å²) in [4.78, 5) is 39.2. The first-order chi connectivity index (χ1) is 13.2. The molecule has 3 rings (SSSR count). The molecule has 2 heterocycles. The lowest BCUT2D eigenvalue weighted by atomic mass is 9.65. The van der Waals surface area contributed by atoms with Gasteiger partial charge in [-0.15, -0.1) is 12.4 Å². The van der Waals surface area contributed by atoms with E-state index in [0.29, 0.717) is 24.7 Å². The minimum atomic E-state index is -0.806. The minimum absolute atomic E-state index is 0. The zero-order valence-corrected chi connectivity index (χ0v) is 19.0. The number of nitrogens with zero attached hydrogens (tertiary/aromatic N) is 1. The summed E-state index contributed by atoms with van der Waals surface area (Å²) in [5.41, 5.74) is -0.557. The first-order valence-electron chi connectivity index (χ1n) is 10.8. The number of carbonyl (C=O) groups excluding carboxylic acids is 3. The minimum Gasteiger partial charge on any atom is -0.351 e. The van der Waals surface area contributed by atoms with Gasteiger partial charge in [0, 0.05) is 6.04 Å². The van der Waals surface area contributed by atoms with Gasteiger partial charge in [-0.25, -0.2) is 4.79 Å². The first-order valence-corrected chi connectivity index (χ1v) is 10.8. The fourth-order valence-corrected chi connectivity index (χ4v) is 4.96. The van der Waals surface area contributed by atoms with Crippen LogP contribution in [0.25, 0.3) is 0 Å². The second-order valence-corrected chi connectivity index (χ2v) is 9.66. The maximum Gasteiger partial charge on any atom is 0.325 e. The summed E-state index contributed by atoms with van der Waals surface area (Å²) in [5.74, 6) is 0.426. The van der Waals surface area contributed by atoms with Crippen LogP contribution in [0.15, 0.2) is 0 Å². The first kappa shape index (κ1) is 23.9. The number of hydrogen-bond acceptors (Lipinski definition) is 4. The van der Waals surface area contributed by atoms with Crippen molar-refractivity contribution < 1.29 is 14.4 Å². The second-order valence-electron chi connectivity index (χ2n) is 9.66. The van der Waals surface area contributed by atoms with Gasteiger partial charge in [0.2, 0.25) is 5.91 Å². The number of carbonyl (C=O) groups is 3. The molecule has 3 fully saturated rings. The average Bonchev–Trinajstić information content (AvgIpc) is 2.88. The Morgan fingerprint density at radius 1 is 1.24 bits per heavy atom. The van der Waals surface area contributed by atoms with E-state index in [9.17, 15) is 14.4 Å². The lowest BCUT2D eigenvalue weighted by Gasteiger charge is -2.42. The molecule has 0 radical (unpaired) electrons. The van der Waals surface area contributed by atoms with Crippen LogP contribution in [0.2, 0.25) is 0 Å². The Morgan fingerprint density at radius 3 is 2.48 bits per heavy atom. The van der Waals surface area contributed by atoms with E-state index in [1.165, 1.54) is 0 Å². The Labute approximate surface area is 180 Å². The second kappa shape index (κ2) is 9.21. The molecule has 0 bridgehead atoms. The number of piperidine rings is 1. The number of halogens is 1. The maximum atomic E-state index is 13.1. The van der Waals surface area contributed by atoms with Gasteiger partial charge in [-0.05, 0) is 62.4 Å². The molecular formula is C21H37ClN4O3. The normalized spacial score (nSPS) is 32.7. The Bertz CT molecular complexity index is 631. The van der Waals surface area contributed by atoms with Gasteiger partial charge in [-0.2, -0.15) is 0 Å². The van der Waals surface area contributed by atoms with Gasteiger partial charge in [-0.1, -0.05) is 34.1 Å². The van der Waals surface area contributed by atoms with Crippen LogP contribution in [0.4, 0.5) is 4.79 Å². The quantitative estimate of drug-likeness (QED) is 0.586. The molecule has 2 aliphatic heterocycles. The van der Waals surface area contributed by atoms with Gasteiger partial charge < -0.3 is 16.0 Å². The van der Waals surface area contributed by atoms with Crippen LogP contribution in [0.3, 0.4) is 0 Å². The highest BCUT2D eigenvalue weighted by Crippen LogP contribution is 2.45. The predicted molar refractivity (Wildman–Crippen MR) is 115 cm³/mol. The molecule has 0 aromatic rings. The molecule has 2 atom stereocenters. The molecule has 3 N–H and O–H groups in total. The van der Waals surface area contributed by atoms with E-state index in [1.807, 2.05) is 0 Å². The summed E-state index contributed by atoms with van der Waals surface area (Å²) in [6.07, 6.45) is 5.15. The third-order valence-corrected chi connectivity index (χ3v) is 7.53. The van der Waals surface area contributed by atoms with Crippen molar-refractivity contribution >= 4 is 30.3 Å². The molecule has 0 aromatic carbocycles. The fraction of sp³-hybridized carbons (Fsp3) is 0.857. The van der Waals surface area contributed by atoms with Crippen molar-refractivity contribution in [1.29, 1.82) is 0 Å². The molecule has 2 unspecified atom stereocenters. The van der Waals surface area contributed by atoms with Gasteiger partial charge in [0.05, 0.1) is 0 Å². The third-order valence-electron chi connectivity index (χ3n) is 7.53. The Hall–Kier alpha value is -1.34. The Balaban J connectivity index is 0.00000300. The van der Waals surface area contributed by atoms with Gasteiger partial charge in [-0.3, -0.25) is 14.5 Å². The van der Waals surface area contributed by atoms with Crippen LogP contribution in [0.5, 0.6) is 0 Å². The molecule has 1 saturated carbocycles. The average molecular weight is 429 g/mol. The maximum absolute atomic E-state index is 13.1. The van der Waals surface area contributed by atoms with Crippen molar-refractivity contribution in [2.24, 2.45) is 17.3 Å². The molecular weight excluding hydrogens is 392 g/mol. The van der Waals surface area contributed by atoms with E-state index < -0.39 is 11.6 Å². The van der Waals surface area contributed by atoms with Gasteiger partial charge in [0.15, 0.2) is 0 Å². The van der Waals surface area contributed by atoms with Crippen LogP contribution >= 0.6 is 12.4 Å². The number of rotatable bonds is 5. The Morgan fingerprint density at radius 2 is 1.90 bits per heavy atom. The molecule has 8 heteroatoms. The SMILES string of the molecule is CCC(C)(C)C1CCC2(CC1)NC(=O)N(CC(=O)NC1CCNCC1C)C2=O.Cl. The van der Waals surface area contributed by atoms with E-state index in [4.69, 9.17) is 0 Å². The van der Waals surface area contributed by atoms with Gasteiger partial charge in [0.25, 0.3) is 5.91 Å². The topological polar surface area (TPSA) is 90.5 Å². The molecule has 2 saturated heterocycles. The smallest absolute Gasteiger partial charge is 0.325 e. The van der Waals surface area contributed by atoms with Crippen LogP contribution in [0.1, 0.15) is 66.2 Å². The number of nitrogens with one attached hydrogen (secondary N) is 3. The predicted octanol–water partition coefficient (Wildman–Crippen LogP) is 2.44. The lowest BCUT2D eigenvalue weighted by molar-refractivity contribution is -0.136. The zero-order valence-electron chi connectivity index (χ0n) is 18.2. The van der Waals surface area contributed by atoms with Crippen molar-refractivity contribution in [1.82, 2.24) is 20.9 Å². The van der Waals surface area contributed by atoms with E-state index in [0.717, 1.165) is 43.7 Å². The molecule has 3 aliphatic rings. The highest BCUT2D eigenvalue weighted by molar-refractivity contribution is 6.09. The molecule has 166 valence electrons. The van der Waals surface area contributed by atoms with Crippen molar-refractivity contribution in [3.8, 4) is 0 Å². The third kappa shape index (κ3) is 4.88. The Kier molecular flexibility index (Phi) is 7.60. The number of amides is 4. The fourth-order valence-electron chi connectivity index (χ4n) is 4.96. The van der Waals surface area contributed by atoms with Gasteiger partial charge >= 0.3 is 6.03 Å². The summed E-state index contributed by atoms with van der Waals surface area (Å²) in [6, 6.07) is -0.332. The van der Waals surface area contributed by atoms with E-state index in [1.54, 1.807) is 0 Å². The highest BCUT2D eigenvalue weighted by atomic mass is 35.5. The van der Waals surface area contributed by atoms with Crippen LogP contribution < -0.4 is 16.0 Å². The summed E-state index contributed by atoms with van der Waals surface area (Å²) in [6.45, 7) is 10.4. The summed E-state index contributed by atoms with van der Waals surface area (Å²) in [5, 5.41) is 9.24. The summed E-state index contributed by atoms with van der Waals surface area (Å²) in [7, 11) is 0. The van der Waals surface area contributed by atoms with Crippen LogP contribution in [-0.4, -0.2) is 54.0 Å². The van der Waals surface area contributed by atoms with Crippen molar-refractivity contribution in [2.45, 2.75) is 77.8 Å². The van der Waals surface area contributed by atoms with Crippen LogP contribution in [0, 0.1) is 17.3 Å². The largest absolute Gasteiger partial charge is 0.351 e. The number of urea groups is 1. The summed E-state index contributed by atoms with van der Waals surface area (Å²) < 4.78 is 0. The molecule has 7 nitrogen and oxygen atoms in total. The van der Waals surface area contributed by atoms with E-state index in [2.05, 4.69) is 43.6 Å².